The summed E-state index contributed by atoms with van der Waals surface area (Å²) in [5.74, 6) is 1.02. The first-order valence-corrected chi connectivity index (χ1v) is 7.46. The molecule has 1 unspecified atom stereocenters. The third-order valence-corrected chi connectivity index (χ3v) is 3.43. The predicted octanol–water partition coefficient (Wildman–Crippen LogP) is 6.12. The Morgan fingerprint density at radius 3 is 2.12 bits per heavy atom. The molecular formula is C16H32. The van der Waals surface area contributed by atoms with E-state index in [-0.39, 0.29) is 0 Å². The molecule has 0 aromatic heterocycles. The molecule has 0 saturated heterocycles. The van der Waals surface area contributed by atoms with Crippen molar-refractivity contribution >= 4 is 0 Å². The van der Waals surface area contributed by atoms with Crippen molar-refractivity contribution in [2.75, 3.05) is 0 Å². The van der Waals surface area contributed by atoms with Gasteiger partial charge in [0.2, 0.25) is 0 Å². The molecule has 0 aliphatic heterocycles. The van der Waals surface area contributed by atoms with Crippen molar-refractivity contribution in [1.82, 2.24) is 0 Å². The van der Waals surface area contributed by atoms with Crippen LogP contribution in [0.4, 0.5) is 0 Å². The summed E-state index contributed by atoms with van der Waals surface area (Å²) in [6.45, 7) is 8.39. The first-order chi connectivity index (χ1) is 7.85. The van der Waals surface area contributed by atoms with Gasteiger partial charge in [-0.3, -0.25) is 0 Å². The molecule has 0 spiro atoms. The average Bonchev–Trinajstić information content (AvgIpc) is 2.30. The predicted molar refractivity (Wildman–Crippen MR) is 75.8 cm³/mol. The van der Waals surface area contributed by atoms with Gasteiger partial charge in [-0.05, 0) is 18.8 Å². The summed E-state index contributed by atoms with van der Waals surface area (Å²) in [6.07, 6.45) is 17.4. The van der Waals surface area contributed by atoms with Crippen LogP contribution in [0.15, 0.2) is 12.7 Å². The van der Waals surface area contributed by atoms with Crippen molar-refractivity contribution in [2.24, 2.45) is 5.92 Å². The van der Waals surface area contributed by atoms with Crippen LogP contribution in [-0.2, 0) is 0 Å². The molecule has 0 bridgehead atoms. The highest BCUT2D eigenvalue weighted by atomic mass is 14.1. The Hall–Kier alpha value is -0.260. The van der Waals surface area contributed by atoms with Gasteiger partial charge in [0.1, 0.15) is 0 Å². The fraction of sp³-hybridized carbons (Fsp3) is 0.875. The third-order valence-electron chi connectivity index (χ3n) is 3.43. The molecule has 96 valence electrons. The summed E-state index contributed by atoms with van der Waals surface area (Å²) in [7, 11) is 0. The van der Waals surface area contributed by atoms with Crippen molar-refractivity contribution in [3.63, 3.8) is 0 Å². The van der Waals surface area contributed by atoms with Crippen LogP contribution in [0, 0.1) is 5.92 Å². The van der Waals surface area contributed by atoms with Crippen molar-refractivity contribution in [1.29, 1.82) is 0 Å². The van der Waals surface area contributed by atoms with Crippen LogP contribution >= 0.6 is 0 Å². The minimum absolute atomic E-state index is 1.02. The molecule has 16 heavy (non-hydrogen) atoms. The first kappa shape index (κ1) is 15.7. The fourth-order valence-electron chi connectivity index (χ4n) is 2.41. The summed E-state index contributed by atoms with van der Waals surface area (Å²) in [5, 5.41) is 0. The summed E-state index contributed by atoms with van der Waals surface area (Å²) in [5.41, 5.74) is 0. The zero-order chi connectivity index (χ0) is 12.1. The van der Waals surface area contributed by atoms with Gasteiger partial charge in [-0.2, -0.15) is 0 Å². The Labute approximate surface area is 104 Å². The zero-order valence-corrected chi connectivity index (χ0v) is 11.6. The molecule has 0 amide bonds. The summed E-state index contributed by atoms with van der Waals surface area (Å²) < 4.78 is 0. The van der Waals surface area contributed by atoms with Crippen LogP contribution in [0.3, 0.4) is 0 Å². The van der Waals surface area contributed by atoms with Crippen molar-refractivity contribution in [3.05, 3.63) is 12.7 Å². The van der Waals surface area contributed by atoms with E-state index in [0.29, 0.717) is 0 Å². The van der Waals surface area contributed by atoms with Crippen LogP contribution in [0.1, 0.15) is 84.5 Å². The van der Waals surface area contributed by atoms with Crippen molar-refractivity contribution in [2.45, 2.75) is 84.5 Å². The lowest BCUT2D eigenvalue weighted by molar-refractivity contribution is 0.384. The zero-order valence-electron chi connectivity index (χ0n) is 11.6. The molecular weight excluding hydrogens is 192 g/mol. The van der Waals surface area contributed by atoms with Crippen LogP contribution < -0.4 is 0 Å². The molecule has 0 heterocycles. The van der Waals surface area contributed by atoms with E-state index in [9.17, 15) is 0 Å². The summed E-state index contributed by atoms with van der Waals surface area (Å²) in [6, 6.07) is 0. The van der Waals surface area contributed by atoms with E-state index in [1.165, 1.54) is 70.6 Å². The lowest BCUT2D eigenvalue weighted by Gasteiger charge is -2.15. The van der Waals surface area contributed by atoms with Crippen LogP contribution in [0.2, 0.25) is 0 Å². The van der Waals surface area contributed by atoms with Gasteiger partial charge in [0.15, 0.2) is 0 Å². The molecule has 0 nitrogen and oxygen atoms in total. The molecule has 0 aliphatic carbocycles. The van der Waals surface area contributed by atoms with Gasteiger partial charge in [-0.15, -0.1) is 6.58 Å². The van der Waals surface area contributed by atoms with Gasteiger partial charge in [-0.1, -0.05) is 77.7 Å². The summed E-state index contributed by atoms with van der Waals surface area (Å²) >= 11 is 0. The third kappa shape index (κ3) is 10.3. The highest BCUT2D eigenvalue weighted by Gasteiger charge is 2.06. The standard InChI is InChI=1S/C16H32/c1-4-7-9-10-11-12-15-16(13-6-3)14-8-5-2/h4,16H,1,5-15H2,2-3H3. The molecule has 1 atom stereocenters. The maximum absolute atomic E-state index is 3.76. The molecule has 0 aromatic rings. The van der Waals surface area contributed by atoms with Gasteiger partial charge < -0.3 is 0 Å². The highest BCUT2D eigenvalue weighted by Crippen LogP contribution is 2.21. The minimum Gasteiger partial charge on any atom is -0.103 e. The fourth-order valence-corrected chi connectivity index (χ4v) is 2.41. The number of rotatable bonds is 12. The molecule has 0 radical (unpaired) electrons. The van der Waals surface area contributed by atoms with Gasteiger partial charge in [0, 0.05) is 0 Å². The number of hydrogen-bond donors (Lipinski definition) is 0. The van der Waals surface area contributed by atoms with E-state index >= 15 is 0 Å². The first-order valence-electron chi connectivity index (χ1n) is 7.46. The average molecular weight is 224 g/mol. The Bertz CT molecular complexity index is 137. The molecule has 0 fully saturated rings. The highest BCUT2D eigenvalue weighted by molar-refractivity contribution is 4.65. The van der Waals surface area contributed by atoms with E-state index < -0.39 is 0 Å². The molecule has 0 aliphatic rings. The van der Waals surface area contributed by atoms with Gasteiger partial charge >= 0.3 is 0 Å². The quantitative estimate of drug-likeness (QED) is 0.277. The van der Waals surface area contributed by atoms with E-state index in [1.807, 2.05) is 6.08 Å². The van der Waals surface area contributed by atoms with E-state index in [2.05, 4.69) is 20.4 Å². The summed E-state index contributed by atoms with van der Waals surface area (Å²) in [4.78, 5) is 0. The smallest absolute Gasteiger partial charge is 0.0353 e. The van der Waals surface area contributed by atoms with Crippen molar-refractivity contribution in [3.8, 4) is 0 Å². The molecule has 0 rings (SSSR count). The second-order valence-corrected chi connectivity index (χ2v) is 5.08. The van der Waals surface area contributed by atoms with E-state index in [1.54, 1.807) is 0 Å². The topological polar surface area (TPSA) is 0 Å². The largest absolute Gasteiger partial charge is 0.103 e. The van der Waals surface area contributed by atoms with Gasteiger partial charge in [-0.25, -0.2) is 0 Å². The normalized spacial score (nSPS) is 12.6. The molecule has 0 N–H and O–H groups in total. The van der Waals surface area contributed by atoms with Crippen LogP contribution in [-0.4, -0.2) is 0 Å². The van der Waals surface area contributed by atoms with Gasteiger partial charge in [0.25, 0.3) is 0 Å². The SMILES string of the molecule is C=CCCCCCCC(CCC)CCCC. The number of hydrogen-bond acceptors (Lipinski definition) is 0. The van der Waals surface area contributed by atoms with Crippen molar-refractivity contribution < 1.29 is 0 Å². The second kappa shape index (κ2) is 12.8. The van der Waals surface area contributed by atoms with Gasteiger partial charge in [0.05, 0.1) is 0 Å². The lowest BCUT2D eigenvalue weighted by atomic mass is 9.91. The van der Waals surface area contributed by atoms with E-state index in [4.69, 9.17) is 0 Å². The Kier molecular flexibility index (Phi) is 12.6. The molecule has 0 saturated carbocycles. The van der Waals surface area contributed by atoms with Crippen LogP contribution in [0.25, 0.3) is 0 Å². The lowest BCUT2D eigenvalue weighted by Crippen LogP contribution is -2.00. The second-order valence-electron chi connectivity index (χ2n) is 5.08. The minimum atomic E-state index is 1.02. The van der Waals surface area contributed by atoms with Crippen LogP contribution in [0.5, 0.6) is 0 Å². The Morgan fingerprint density at radius 2 is 1.50 bits per heavy atom. The number of unbranched alkanes of at least 4 members (excludes halogenated alkanes) is 5. The Balaban J connectivity index is 3.39. The molecule has 0 heteroatoms. The molecule has 0 aromatic carbocycles. The number of allylic oxidation sites excluding steroid dienone is 1. The Morgan fingerprint density at radius 1 is 0.812 bits per heavy atom. The monoisotopic (exact) mass is 224 g/mol. The maximum atomic E-state index is 3.76. The van der Waals surface area contributed by atoms with E-state index in [0.717, 1.165) is 5.92 Å². The maximum Gasteiger partial charge on any atom is -0.0353 e.